The summed E-state index contributed by atoms with van der Waals surface area (Å²) in [4.78, 5) is 11.4. The number of carbonyl (C=O) groups excluding carboxylic acids is 1. The van der Waals surface area contributed by atoms with Crippen LogP contribution in [0.2, 0.25) is 0 Å². The zero-order valence-electron chi connectivity index (χ0n) is 14.7. The highest BCUT2D eigenvalue weighted by Gasteiger charge is 2.20. The fourth-order valence-electron chi connectivity index (χ4n) is 3.34. The average Bonchev–Trinajstić information content (AvgIpc) is 2.64. The summed E-state index contributed by atoms with van der Waals surface area (Å²) >= 11 is 5.42. The van der Waals surface area contributed by atoms with Crippen LogP contribution in [-0.4, -0.2) is 10.8 Å². The molecule has 1 saturated carbocycles. The van der Waals surface area contributed by atoms with E-state index in [9.17, 15) is 4.79 Å². The molecule has 0 heterocycles. The molecule has 0 spiro atoms. The van der Waals surface area contributed by atoms with Crippen LogP contribution in [0.3, 0.4) is 0 Å². The largest absolute Gasteiger partial charge is 0.445 e. The molecule has 3 rings (SSSR count). The van der Waals surface area contributed by atoms with Crippen molar-refractivity contribution in [2.45, 2.75) is 51.4 Å². The van der Waals surface area contributed by atoms with Gasteiger partial charge in [0.05, 0.1) is 0 Å². The predicted molar refractivity (Wildman–Crippen MR) is 105 cm³/mol. The first kappa shape index (κ1) is 17.8. The molecule has 25 heavy (non-hydrogen) atoms. The molecule has 0 aromatic heterocycles. The number of ether oxygens (including phenoxy) is 1. The molecule has 0 bridgehead atoms. The maximum absolute atomic E-state index is 11.4. The number of thiocarbonyl (C=S) groups is 1. The maximum atomic E-state index is 11.4. The SMILES string of the molecule is CCCc1ccc(C(=S)Oc2ccc(C3CCC(=O)CC3)cc2)cc1. The maximum Gasteiger partial charge on any atom is 0.198 e. The zero-order chi connectivity index (χ0) is 17.6. The Bertz CT molecular complexity index is 722. The van der Waals surface area contributed by atoms with E-state index in [1.54, 1.807) is 0 Å². The molecule has 130 valence electrons. The van der Waals surface area contributed by atoms with E-state index in [4.69, 9.17) is 17.0 Å². The molecule has 0 radical (unpaired) electrons. The first-order chi connectivity index (χ1) is 12.2. The number of hydrogen-bond donors (Lipinski definition) is 0. The minimum Gasteiger partial charge on any atom is -0.445 e. The summed E-state index contributed by atoms with van der Waals surface area (Å²) in [6.45, 7) is 2.18. The van der Waals surface area contributed by atoms with E-state index in [0.717, 1.165) is 37.0 Å². The van der Waals surface area contributed by atoms with E-state index >= 15 is 0 Å². The fourth-order valence-corrected chi connectivity index (χ4v) is 3.58. The van der Waals surface area contributed by atoms with Crippen LogP contribution in [-0.2, 0) is 11.2 Å². The van der Waals surface area contributed by atoms with Crippen LogP contribution in [0.4, 0.5) is 0 Å². The normalized spacial score (nSPS) is 15.2. The quantitative estimate of drug-likeness (QED) is 0.653. The Morgan fingerprint density at radius 1 is 1.04 bits per heavy atom. The second-order valence-electron chi connectivity index (χ2n) is 6.72. The van der Waals surface area contributed by atoms with Gasteiger partial charge in [0.2, 0.25) is 0 Å². The van der Waals surface area contributed by atoms with Gasteiger partial charge in [-0.3, -0.25) is 4.79 Å². The van der Waals surface area contributed by atoms with Crippen molar-refractivity contribution in [2.75, 3.05) is 0 Å². The number of aryl methyl sites for hydroxylation is 1. The number of benzene rings is 2. The lowest BCUT2D eigenvalue weighted by atomic mass is 9.83. The van der Waals surface area contributed by atoms with Crippen LogP contribution in [0.25, 0.3) is 0 Å². The van der Waals surface area contributed by atoms with Crippen molar-refractivity contribution in [1.82, 2.24) is 0 Å². The molecule has 0 unspecified atom stereocenters. The summed E-state index contributed by atoms with van der Waals surface area (Å²) in [6, 6.07) is 16.4. The Labute approximate surface area is 155 Å². The van der Waals surface area contributed by atoms with E-state index in [0.29, 0.717) is 29.6 Å². The summed E-state index contributed by atoms with van der Waals surface area (Å²) in [5.74, 6) is 1.65. The highest BCUT2D eigenvalue weighted by molar-refractivity contribution is 7.80. The highest BCUT2D eigenvalue weighted by Crippen LogP contribution is 2.32. The van der Waals surface area contributed by atoms with Gasteiger partial charge in [0.15, 0.2) is 5.05 Å². The Kier molecular flexibility index (Phi) is 5.98. The van der Waals surface area contributed by atoms with Crippen molar-refractivity contribution < 1.29 is 9.53 Å². The van der Waals surface area contributed by atoms with E-state index < -0.39 is 0 Å². The summed E-state index contributed by atoms with van der Waals surface area (Å²) in [7, 11) is 0. The van der Waals surface area contributed by atoms with Gasteiger partial charge in [0.25, 0.3) is 0 Å². The van der Waals surface area contributed by atoms with Crippen LogP contribution in [0.1, 0.15) is 61.6 Å². The van der Waals surface area contributed by atoms with Crippen molar-refractivity contribution >= 4 is 23.1 Å². The molecule has 0 N–H and O–H groups in total. The summed E-state index contributed by atoms with van der Waals surface area (Å²) in [5.41, 5.74) is 3.55. The first-order valence-corrected chi connectivity index (χ1v) is 9.49. The monoisotopic (exact) mass is 352 g/mol. The van der Waals surface area contributed by atoms with Crippen LogP contribution in [0.15, 0.2) is 48.5 Å². The predicted octanol–water partition coefficient (Wildman–Crippen LogP) is 5.62. The Morgan fingerprint density at radius 2 is 1.68 bits per heavy atom. The topological polar surface area (TPSA) is 26.3 Å². The third-order valence-electron chi connectivity index (χ3n) is 4.83. The molecule has 0 atom stereocenters. The van der Waals surface area contributed by atoms with Crippen LogP contribution in [0, 0.1) is 0 Å². The van der Waals surface area contributed by atoms with Crippen LogP contribution >= 0.6 is 12.2 Å². The van der Waals surface area contributed by atoms with E-state index in [2.05, 4.69) is 31.2 Å². The van der Waals surface area contributed by atoms with Crippen LogP contribution < -0.4 is 4.74 Å². The number of hydrogen-bond acceptors (Lipinski definition) is 3. The van der Waals surface area contributed by atoms with Crippen molar-refractivity contribution in [2.24, 2.45) is 0 Å². The highest BCUT2D eigenvalue weighted by atomic mass is 32.1. The standard InChI is InChI=1S/C22H24O2S/c1-2-3-16-4-6-19(7-5-16)22(25)24-21-14-10-18(11-15-21)17-8-12-20(23)13-9-17/h4-7,10-11,14-15,17H,2-3,8-9,12-13H2,1H3. The Morgan fingerprint density at radius 3 is 2.28 bits per heavy atom. The minimum absolute atomic E-state index is 0.395. The van der Waals surface area contributed by atoms with Gasteiger partial charge < -0.3 is 4.74 Å². The zero-order valence-corrected chi connectivity index (χ0v) is 15.5. The molecule has 1 fully saturated rings. The molecular formula is C22H24O2S. The number of ketones is 1. The van der Waals surface area contributed by atoms with Gasteiger partial charge in [-0.25, -0.2) is 0 Å². The number of Topliss-reactive ketones (excluding diaryl/α,β-unsaturated/α-hetero) is 1. The first-order valence-electron chi connectivity index (χ1n) is 9.08. The summed E-state index contributed by atoms with van der Waals surface area (Å²) in [5, 5.41) is 0.499. The van der Waals surface area contributed by atoms with E-state index in [-0.39, 0.29) is 0 Å². The van der Waals surface area contributed by atoms with Gasteiger partial charge >= 0.3 is 0 Å². The van der Waals surface area contributed by atoms with Crippen molar-refractivity contribution in [3.05, 3.63) is 65.2 Å². The molecule has 1 aliphatic rings. The van der Waals surface area contributed by atoms with Gasteiger partial charge in [0, 0.05) is 18.4 Å². The van der Waals surface area contributed by atoms with Crippen molar-refractivity contribution in [1.29, 1.82) is 0 Å². The lowest BCUT2D eigenvalue weighted by molar-refractivity contribution is -0.120. The Hall–Kier alpha value is -2.00. The molecule has 0 amide bonds. The lowest BCUT2D eigenvalue weighted by Gasteiger charge is -2.21. The van der Waals surface area contributed by atoms with Gasteiger partial charge in [-0.1, -0.05) is 49.7 Å². The van der Waals surface area contributed by atoms with Crippen LogP contribution in [0.5, 0.6) is 5.75 Å². The molecule has 0 saturated heterocycles. The van der Waals surface area contributed by atoms with Crippen molar-refractivity contribution in [3.8, 4) is 5.75 Å². The fraction of sp³-hybridized carbons (Fsp3) is 0.364. The van der Waals surface area contributed by atoms with Gasteiger partial charge in [0.1, 0.15) is 11.5 Å². The molecule has 0 aliphatic heterocycles. The van der Waals surface area contributed by atoms with E-state index in [1.165, 1.54) is 11.1 Å². The van der Waals surface area contributed by atoms with E-state index in [1.807, 2.05) is 24.3 Å². The third kappa shape index (κ3) is 4.76. The molecule has 2 nitrogen and oxygen atoms in total. The second-order valence-corrected chi connectivity index (χ2v) is 7.09. The lowest BCUT2D eigenvalue weighted by Crippen LogP contribution is -2.12. The number of rotatable bonds is 5. The summed E-state index contributed by atoms with van der Waals surface area (Å²) < 4.78 is 5.84. The number of carbonyl (C=O) groups is 1. The van der Waals surface area contributed by atoms with Gasteiger partial charge in [-0.2, -0.15) is 0 Å². The minimum atomic E-state index is 0.395. The second kappa shape index (κ2) is 8.39. The smallest absolute Gasteiger partial charge is 0.198 e. The molecule has 2 aromatic carbocycles. The molecule has 1 aliphatic carbocycles. The van der Waals surface area contributed by atoms with Gasteiger partial charge in [-0.05, 0) is 60.7 Å². The molecule has 2 aromatic rings. The molecular weight excluding hydrogens is 328 g/mol. The third-order valence-corrected chi connectivity index (χ3v) is 5.15. The Balaban J connectivity index is 1.60. The van der Waals surface area contributed by atoms with Gasteiger partial charge in [-0.15, -0.1) is 0 Å². The average molecular weight is 352 g/mol. The molecule has 3 heteroatoms. The van der Waals surface area contributed by atoms with Crippen molar-refractivity contribution in [3.63, 3.8) is 0 Å². The summed E-state index contributed by atoms with van der Waals surface area (Å²) in [6.07, 6.45) is 5.56.